The highest BCUT2D eigenvalue weighted by Crippen LogP contribution is 2.27. The fourth-order valence-corrected chi connectivity index (χ4v) is 4.01. The summed E-state index contributed by atoms with van der Waals surface area (Å²) in [6, 6.07) is 2.37. The van der Waals surface area contributed by atoms with Gasteiger partial charge in [-0.25, -0.2) is 9.50 Å². The largest absolute Gasteiger partial charge is 0.381 e. The summed E-state index contributed by atoms with van der Waals surface area (Å²) in [7, 11) is 0. The number of piperidine rings is 1. The van der Waals surface area contributed by atoms with Crippen molar-refractivity contribution in [2.24, 2.45) is 5.92 Å². The second kappa shape index (κ2) is 7.61. The minimum Gasteiger partial charge on any atom is -0.381 e. The number of aryl methyl sites for hydroxylation is 1. The molecule has 140 valence electrons. The van der Waals surface area contributed by atoms with Gasteiger partial charge < -0.3 is 15.0 Å². The van der Waals surface area contributed by atoms with Crippen molar-refractivity contribution in [1.29, 1.82) is 0 Å². The maximum absolute atomic E-state index is 12.3. The Balaban J connectivity index is 1.31. The SMILES string of the molecule is Cc1cc2c(N3CCC(CC(=O)NC4CCOCC4)CC3)nccn2n1. The molecule has 0 unspecified atom stereocenters. The Morgan fingerprint density at radius 1 is 1.27 bits per heavy atom. The number of aromatic nitrogens is 3. The summed E-state index contributed by atoms with van der Waals surface area (Å²) in [5.74, 6) is 1.65. The first kappa shape index (κ1) is 17.3. The zero-order valence-electron chi connectivity index (χ0n) is 15.4. The molecule has 2 aromatic heterocycles. The van der Waals surface area contributed by atoms with Crippen LogP contribution in [0.1, 0.15) is 37.8 Å². The monoisotopic (exact) mass is 357 g/mol. The molecule has 1 amide bonds. The Morgan fingerprint density at radius 2 is 2.04 bits per heavy atom. The fourth-order valence-electron chi connectivity index (χ4n) is 4.01. The van der Waals surface area contributed by atoms with Crippen LogP contribution in [0.4, 0.5) is 5.82 Å². The summed E-state index contributed by atoms with van der Waals surface area (Å²) in [4.78, 5) is 19.2. The van der Waals surface area contributed by atoms with E-state index < -0.39 is 0 Å². The molecule has 7 heteroatoms. The lowest BCUT2D eigenvalue weighted by Gasteiger charge is -2.33. The number of fused-ring (bicyclic) bond motifs is 1. The van der Waals surface area contributed by atoms with Gasteiger partial charge in [0.2, 0.25) is 5.91 Å². The van der Waals surface area contributed by atoms with Gasteiger partial charge in [-0.2, -0.15) is 5.10 Å². The summed E-state index contributed by atoms with van der Waals surface area (Å²) in [5.41, 5.74) is 2.06. The molecule has 2 saturated heterocycles. The van der Waals surface area contributed by atoms with E-state index in [4.69, 9.17) is 4.74 Å². The number of carbonyl (C=O) groups is 1. The second-order valence-electron chi connectivity index (χ2n) is 7.46. The van der Waals surface area contributed by atoms with Gasteiger partial charge >= 0.3 is 0 Å². The van der Waals surface area contributed by atoms with Gasteiger partial charge in [-0.1, -0.05) is 0 Å². The summed E-state index contributed by atoms with van der Waals surface area (Å²) in [6.07, 6.45) is 8.25. The maximum atomic E-state index is 12.3. The molecule has 4 rings (SSSR count). The number of rotatable bonds is 4. The molecular formula is C19H27N5O2. The first-order valence-electron chi connectivity index (χ1n) is 9.62. The third-order valence-corrected chi connectivity index (χ3v) is 5.47. The van der Waals surface area contributed by atoms with Crippen molar-refractivity contribution in [3.63, 3.8) is 0 Å². The van der Waals surface area contributed by atoms with Crippen molar-refractivity contribution in [2.75, 3.05) is 31.2 Å². The van der Waals surface area contributed by atoms with Crippen LogP contribution < -0.4 is 10.2 Å². The van der Waals surface area contributed by atoms with Crippen molar-refractivity contribution in [1.82, 2.24) is 19.9 Å². The van der Waals surface area contributed by atoms with E-state index in [2.05, 4.69) is 26.4 Å². The van der Waals surface area contributed by atoms with E-state index in [1.807, 2.05) is 23.8 Å². The molecule has 0 bridgehead atoms. The zero-order chi connectivity index (χ0) is 17.9. The topological polar surface area (TPSA) is 71.8 Å². The van der Waals surface area contributed by atoms with Crippen molar-refractivity contribution in [3.8, 4) is 0 Å². The molecule has 0 radical (unpaired) electrons. The van der Waals surface area contributed by atoms with E-state index >= 15 is 0 Å². The van der Waals surface area contributed by atoms with E-state index in [-0.39, 0.29) is 5.91 Å². The van der Waals surface area contributed by atoms with Gasteiger partial charge in [-0.05, 0) is 44.6 Å². The molecule has 0 aromatic carbocycles. The molecule has 0 atom stereocenters. The van der Waals surface area contributed by atoms with Gasteiger partial charge in [0.1, 0.15) is 5.52 Å². The molecule has 0 aliphatic carbocycles. The normalized spacial score (nSPS) is 19.8. The van der Waals surface area contributed by atoms with Gasteiger partial charge in [-0.15, -0.1) is 0 Å². The average Bonchev–Trinajstić information content (AvgIpc) is 3.03. The van der Waals surface area contributed by atoms with Crippen LogP contribution in [0.5, 0.6) is 0 Å². The number of nitrogens with one attached hydrogen (secondary N) is 1. The van der Waals surface area contributed by atoms with E-state index in [0.29, 0.717) is 18.4 Å². The molecule has 4 heterocycles. The second-order valence-corrected chi connectivity index (χ2v) is 7.46. The standard InChI is InChI=1S/C19H27N5O2/c1-14-12-17-19(20-6-9-24(17)22-14)23-7-2-15(3-8-23)13-18(25)21-16-4-10-26-11-5-16/h6,9,12,15-16H,2-5,7-8,10-11,13H2,1H3,(H,21,25). The molecular weight excluding hydrogens is 330 g/mol. The van der Waals surface area contributed by atoms with Crippen molar-refractivity contribution in [2.45, 2.75) is 45.1 Å². The lowest BCUT2D eigenvalue weighted by molar-refractivity contribution is -0.123. The van der Waals surface area contributed by atoms with Crippen LogP contribution in [0.25, 0.3) is 5.52 Å². The van der Waals surface area contributed by atoms with Crippen LogP contribution in [-0.4, -0.2) is 52.9 Å². The molecule has 1 N–H and O–H groups in total. The molecule has 26 heavy (non-hydrogen) atoms. The van der Waals surface area contributed by atoms with Gasteiger partial charge in [0, 0.05) is 51.2 Å². The predicted molar refractivity (Wildman–Crippen MR) is 99.3 cm³/mol. The minimum atomic E-state index is 0.196. The fraction of sp³-hybridized carbons (Fsp3) is 0.632. The Labute approximate surface area is 153 Å². The van der Waals surface area contributed by atoms with E-state index in [0.717, 1.165) is 69.0 Å². The molecule has 2 aliphatic heterocycles. The highest BCUT2D eigenvalue weighted by Gasteiger charge is 2.25. The number of hydrogen-bond donors (Lipinski definition) is 1. The lowest BCUT2D eigenvalue weighted by atomic mass is 9.93. The minimum absolute atomic E-state index is 0.196. The van der Waals surface area contributed by atoms with Crippen LogP contribution in [0.15, 0.2) is 18.5 Å². The maximum Gasteiger partial charge on any atom is 0.220 e. The number of carbonyl (C=O) groups excluding carboxylic acids is 1. The Bertz CT molecular complexity index is 760. The molecule has 2 fully saturated rings. The van der Waals surface area contributed by atoms with Crippen LogP contribution >= 0.6 is 0 Å². The van der Waals surface area contributed by atoms with Crippen molar-refractivity contribution in [3.05, 3.63) is 24.2 Å². The van der Waals surface area contributed by atoms with Crippen LogP contribution in [-0.2, 0) is 9.53 Å². The number of nitrogens with zero attached hydrogens (tertiary/aromatic N) is 4. The van der Waals surface area contributed by atoms with Crippen LogP contribution in [0, 0.1) is 12.8 Å². The van der Waals surface area contributed by atoms with Crippen molar-refractivity contribution >= 4 is 17.2 Å². The number of ether oxygens (including phenoxy) is 1. The quantitative estimate of drug-likeness (QED) is 0.905. The highest BCUT2D eigenvalue weighted by atomic mass is 16.5. The molecule has 0 saturated carbocycles. The molecule has 2 aromatic rings. The van der Waals surface area contributed by atoms with Crippen LogP contribution in [0.2, 0.25) is 0 Å². The lowest BCUT2D eigenvalue weighted by Crippen LogP contribution is -2.41. The van der Waals surface area contributed by atoms with E-state index in [1.165, 1.54) is 0 Å². The number of hydrogen-bond acceptors (Lipinski definition) is 5. The Kier molecular flexibility index (Phi) is 5.06. The van der Waals surface area contributed by atoms with Gasteiger partial charge in [0.05, 0.1) is 5.69 Å². The number of amides is 1. The predicted octanol–water partition coefficient (Wildman–Crippen LogP) is 1.94. The Hall–Kier alpha value is -2.15. The number of anilines is 1. The third-order valence-electron chi connectivity index (χ3n) is 5.47. The van der Waals surface area contributed by atoms with E-state index in [9.17, 15) is 4.79 Å². The first-order valence-corrected chi connectivity index (χ1v) is 9.62. The molecule has 7 nitrogen and oxygen atoms in total. The van der Waals surface area contributed by atoms with Gasteiger partial charge in [0.25, 0.3) is 0 Å². The molecule has 2 aliphatic rings. The summed E-state index contributed by atoms with van der Waals surface area (Å²) < 4.78 is 7.24. The van der Waals surface area contributed by atoms with Gasteiger partial charge in [-0.3, -0.25) is 4.79 Å². The summed E-state index contributed by atoms with van der Waals surface area (Å²) in [6.45, 7) is 5.39. The van der Waals surface area contributed by atoms with E-state index in [1.54, 1.807) is 0 Å². The Morgan fingerprint density at radius 3 is 2.81 bits per heavy atom. The van der Waals surface area contributed by atoms with Gasteiger partial charge in [0.15, 0.2) is 5.82 Å². The zero-order valence-corrected chi connectivity index (χ0v) is 15.4. The highest BCUT2D eigenvalue weighted by molar-refractivity contribution is 5.76. The first-order chi connectivity index (χ1) is 12.7. The van der Waals surface area contributed by atoms with Crippen LogP contribution in [0.3, 0.4) is 0 Å². The smallest absolute Gasteiger partial charge is 0.220 e. The third kappa shape index (κ3) is 3.82. The summed E-state index contributed by atoms with van der Waals surface area (Å²) >= 11 is 0. The summed E-state index contributed by atoms with van der Waals surface area (Å²) in [5, 5.41) is 7.65. The molecule has 0 spiro atoms. The van der Waals surface area contributed by atoms with Crippen molar-refractivity contribution < 1.29 is 9.53 Å². The average molecular weight is 357 g/mol.